The first-order chi connectivity index (χ1) is 9.28. The van der Waals surface area contributed by atoms with Gasteiger partial charge in [-0.1, -0.05) is 26.7 Å². The molecular formula is C14H22N4S. The maximum atomic E-state index is 5.83. The smallest absolute Gasteiger partial charge is 0.138 e. The van der Waals surface area contributed by atoms with Crippen LogP contribution in [0.25, 0.3) is 10.2 Å². The minimum absolute atomic E-state index is 0.294. The van der Waals surface area contributed by atoms with Gasteiger partial charge in [-0.2, -0.15) is 0 Å². The molecule has 2 rings (SSSR count). The van der Waals surface area contributed by atoms with Crippen molar-refractivity contribution in [3.63, 3.8) is 0 Å². The number of unbranched alkanes of at least 4 members (excludes halogenated alkanes) is 1. The lowest BCUT2D eigenvalue weighted by atomic mass is 10.1. The third-order valence-electron chi connectivity index (χ3n) is 3.26. The summed E-state index contributed by atoms with van der Waals surface area (Å²) in [6.45, 7) is 4.99. The van der Waals surface area contributed by atoms with Crippen LogP contribution in [0.3, 0.4) is 0 Å². The molecule has 0 saturated heterocycles. The molecule has 19 heavy (non-hydrogen) atoms. The van der Waals surface area contributed by atoms with E-state index in [1.54, 1.807) is 17.7 Å². The summed E-state index contributed by atoms with van der Waals surface area (Å²) in [6.07, 6.45) is 6.14. The molecule has 1 unspecified atom stereocenters. The molecule has 0 aliphatic heterocycles. The van der Waals surface area contributed by atoms with E-state index in [0.717, 1.165) is 28.9 Å². The molecule has 3 N–H and O–H groups in total. The van der Waals surface area contributed by atoms with E-state index in [9.17, 15) is 0 Å². The molecule has 0 fully saturated rings. The van der Waals surface area contributed by atoms with Gasteiger partial charge in [0.15, 0.2) is 0 Å². The molecule has 0 spiro atoms. The van der Waals surface area contributed by atoms with Gasteiger partial charge in [-0.15, -0.1) is 11.3 Å². The summed E-state index contributed by atoms with van der Waals surface area (Å²) in [5, 5.41) is 4.60. The van der Waals surface area contributed by atoms with E-state index in [0.29, 0.717) is 12.6 Å². The van der Waals surface area contributed by atoms with Crippen LogP contribution in [0.1, 0.15) is 38.0 Å². The summed E-state index contributed by atoms with van der Waals surface area (Å²) < 4.78 is 0. The third-order valence-corrected chi connectivity index (χ3v) is 4.45. The number of rotatable bonds is 7. The third kappa shape index (κ3) is 3.42. The molecule has 0 aliphatic rings. The fourth-order valence-electron chi connectivity index (χ4n) is 2.09. The van der Waals surface area contributed by atoms with Gasteiger partial charge in [0.1, 0.15) is 17.0 Å². The van der Waals surface area contributed by atoms with Gasteiger partial charge in [0.25, 0.3) is 0 Å². The maximum absolute atomic E-state index is 5.83. The van der Waals surface area contributed by atoms with E-state index < -0.39 is 0 Å². The molecule has 0 aromatic carbocycles. The Balaban J connectivity index is 2.21. The topological polar surface area (TPSA) is 63.8 Å². The summed E-state index contributed by atoms with van der Waals surface area (Å²) >= 11 is 1.74. The molecule has 1 atom stereocenters. The number of thiophene rings is 1. The second kappa shape index (κ2) is 6.82. The molecule has 0 bridgehead atoms. The Morgan fingerprint density at radius 2 is 2.21 bits per heavy atom. The van der Waals surface area contributed by atoms with Gasteiger partial charge < -0.3 is 11.1 Å². The number of aromatic nitrogens is 2. The van der Waals surface area contributed by atoms with Gasteiger partial charge in [-0.25, -0.2) is 9.97 Å². The Kier molecular flexibility index (Phi) is 5.10. The molecule has 2 aromatic rings. The number of nitrogens with one attached hydrogen (secondary N) is 1. The van der Waals surface area contributed by atoms with Crippen LogP contribution in [-0.2, 0) is 6.42 Å². The van der Waals surface area contributed by atoms with E-state index in [4.69, 9.17) is 5.73 Å². The zero-order chi connectivity index (χ0) is 13.7. The molecule has 4 nitrogen and oxygen atoms in total. The Hall–Kier alpha value is -1.20. The highest BCUT2D eigenvalue weighted by molar-refractivity contribution is 7.18. The molecule has 2 heterocycles. The van der Waals surface area contributed by atoms with E-state index in [-0.39, 0.29) is 0 Å². The molecule has 0 saturated carbocycles. The van der Waals surface area contributed by atoms with Crippen molar-refractivity contribution in [2.75, 3.05) is 11.9 Å². The van der Waals surface area contributed by atoms with Gasteiger partial charge in [-0.05, 0) is 18.9 Å². The van der Waals surface area contributed by atoms with Crippen molar-refractivity contribution in [1.82, 2.24) is 9.97 Å². The van der Waals surface area contributed by atoms with Crippen molar-refractivity contribution in [3.05, 3.63) is 17.3 Å². The second-order valence-corrected chi connectivity index (χ2v) is 5.84. The molecule has 104 valence electrons. The van der Waals surface area contributed by atoms with E-state index in [1.807, 2.05) is 0 Å². The lowest BCUT2D eigenvalue weighted by Gasteiger charge is -2.17. The van der Waals surface area contributed by atoms with Crippen LogP contribution in [0.15, 0.2) is 12.4 Å². The van der Waals surface area contributed by atoms with Crippen molar-refractivity contribution >= 4 is 27.4 Å². The molecule has 0 radical (unpaired) electrons. The molecule has 0 amide bonds. The first kappa shape index (κ1) is 14.2. The normalized spacial score (nSPS) is 12.8. The first-order valence-corrected chi connectivity index (χ1v) is 7.80. The zero-order valence-electron chi connectivity index (χ0n) is 11.6. The van der Waals surface area contributed by atoms with E-state index in [2.05, 4.69) is 35.2 Å². The fourth-order valence-corrected chi connectivity index (χ4v) is 3.02. The van der Waals surface area contributed by atoms with Crippen molar-refractivity contribution in [3.8, 4) is 0 Å². The molecule has 2 aromatic heterocycles. The van der Waals surface area contributed by atoms with Crippen LogP contribution in [-0.4, -0.2) is 22.6 Å². The second-order valence-electron chi connectivity index (χ2n) is 4.73. The number of nitrogens with two attached hydrogens (primary N) is 1. The molecular weight excluding hydrogens is 256 g/mol. The predicted molar refractivity (Wildman–Crippen MR) is 82.8 cm³/mol. The largest absolute Gasteiger partial charge is 0.365 e. The minimum atomic E-state index is 0.294. The van der Waals surface area contributed by atoms with Crippen LogP contribution in [0.2, 0.25) is 0 Å². The Labute approximate surface area is 118 Å². The van der Waals surface area contributed by atoms with Crippen LogP contribution >= 0.6 is 11.3 Å². The number of nitrogens with zero attached hydrogens (tertiary/aromatic N) is 2. The first-order valence-electron chi connectivity index (χ1n) is 6.98. The van der Waals surface area contributed by atoms with Crippen molar-refractivity contribution in [1.29, 1.82) is 0 Å². The summed E-state index contributed by atoms with van der Waals surface area (Å²) in [5.41, 5.74) is 5.83. The standard InChI is InChI=1S/C14H22N4S/c1-3-5-6-10(8-15)18-13-12-7-11(4-2)19-14(12)17-9-16-13/h7,9-10H,3-6,8,15H2,1-2H3,(H,16,17,18). The van der Waals surface area contributed by atoms with Crippen LogP contribution in [0, 0.1) is 0 Å². The van der Waals surface area contributed by atoms with Crippen LogP contribution in [0.5, 0.6) is 0 Å². The lowest BCUT2D eigenvalue weighted by molar-refractivity contribution is 0.613. The average Bonchev–Trinajstić information content (AvgIpc) is 2.87. The van der Waals surface area contributed by atoms with Gasteiger partial charge in [-0.3, -0.25) is 0 Å². The minimum Gasteiger partial charge on any atom is -0.365 e. The van der Waals surface area contributed by atoms with E-state index >= 15 is 0 Å². The van der Waals surface area contributed by atoms with Crippen LogP contribution in [0.4, 0.5) is 5.82 Å². The molecule has 5 heteroatoms. The van der Waals surface area contributed by atoms with Crippen molar-refractivity contribution < 1.29 is 0 Å². The Bertz CT molecular complexity index is 523. The number of anilines is 1. The monoisotopic (exact) mass is 278 g/mol. The maximum Gasteiger partial charge on any atom is 0.138 e. The molecule has 0 aliphatic carbocycles. The quantitative estimate of drug-likeness (QED) is 0.816. The summed E-state index contributed by atoms with van der Waals surface area (Å²) in [7, 11) is 0. The summed E-state index contributed by atoms with van der Waals surface area (Å²) in [5.74, 6) is 0.924. The Morgan fingerprint density at radius 1 is 1.37 bits per heavy atom. The number of hydrogen-bond donors (Lipinski definition) is 2. The lowest BCUT2D eigenvalue weighted by Crippen LogP contribution is -2.29. The van der Waals surface area contributed by atoms with Crippen molar-refractivity contribution in [2.24, 2.45) is 5.73 Å². The predicted octanol–water partition coefficient (Wildman–Crippen LogP) is 3.18. The highest BCUT2D eigenvalue weighted by Gasteiger charge is 2.11. The van der Waals surface area contributed by atoms with Gasteiger partial charge in [0, 0.05) is 17.5 Å². The SMILES string of the molecule is CCCCC(CN)Nc1ncnc2sc(CC)cc12. The zero-order valence-corrected chi connectivity index (χ0v) is 12.5. The average molecular weight is 278 g/mol. The van der Waals surface area contributed by atoms with Crippen LogP contribution < -0.4 is 11.1 Å². The Morgan fingerprint density at radius 3 is 2.89 bits per heavy atom. The number of fused-ring (bicyclic) bond motifs is 1. The van der Waals surface area contributed by atoms with E-state index in [1.165, 1.54) is 17.7 Å². The number of aryl methyl sites for hydroxylation is 1. The number of hydrogen-bond acceptors (Lipinski definition) is 5. The van der Waals surface area contributed by atoms with Gasteiger partial charge >= 0.3 is 0 Å². The van der Waals surface area contributed by atoms with Gasteiger partial charge in [0.05, 0.1) is 5.39 Å². The van der Waals surface area contributed by atoms with Gasteiger partial charge in [0.2, 0.25) is 0 Å². The highest BCUT2D eigenvalue weighted by Crippen LogP contribution is 2.28. The summed E-state index contributed by atoms with van der Waals surface area (Å²) in [4.78, 5) is 11.1. The van der Waals surface area contributed by atoms with Crippen molar-refractivity contribution in [2.45, 2.75) is 45.6 Å². The fraction of sp³-hybridized carbons (Fsp3) is 0.571. The summed E-state index contributed by atoms with van der Waals surface area (Å²) in [6, 6.07) is 2.48. The highest BCUT2D eigenvalue weighted by atomic mass is 32.1.